The van der Waals surface area contributed by atoms with Crippen LogP contribution in [0.1, 0.15) is 43.5 Å². The fourth-order valence-electron chi connectivity index (χ4n) is 3.58. The zero-order valence-corrected chi connectivity index (χ0v) is 14.6. The summed E-state index contributed by atoms with van der Waals surface area (Å²) >= 11 is 0. The Morgan fingerprint density at radius 3 is 2.36 bits per heavy atom. The van der Waals surface area contributed by atoms with Crippen LogP contribution in [0.4, 0.5) is 0 Å². The molecule has 1 aliphatic heterocycles. The Balaban J connectivity index is 1.70. The molecule has 132 valence electrons. The number of amides is 1. The van der Waals surface area contributed by atoms with Crippen LogP contribution >= 0.6 is 0 Å². The van der Waals surface area contributed by atoms with E-state index in [0.29, 0.717) is 0 Å². The molecule has 1 N–H and O–H groups in total. The van der Waals surface area contributed by atoms with Gasteiger partial charge in [0, 0.05) is 12.1 Å². The molecule has 1 fully saturated rings. The number of piperidine rings is 1. The average Bonchev–Trinajstić information content (AvgIpc) is 2.59. The monoisotopic (exact) mass is 341 g/mol. The standard InChI is InChI=1S/C20H23NO4/c1-13-6-5-7-14(2)21(13)19(23)12-25-20(24)17-10-15-8-3-4-9-16(15)11-18(17)22/h3-4,8-11,13-14,22H,5-7,12H2,1-2H3/t13-,14+. The Morgan fingerprint density at radius 2 is 1.72 bits per heavy atom. The molecule has 0 unspecified atom stereocenters. The predicted octanol–water partition coefficient (Wildman–Crippen LogP) is 3.49. The van der Waals surface area contributed by atoms with Gasteiger partial charge in [-0.2, -0.15) is 0 Å². The van der Waals surface area contributed by atoms with Gasteiger partial charge >= 0.3 is 5.97 Å². The quantitative estimate of drug-likeness (QED) is 0.868. The summed E-state index contributed by atoms with van der Waals surface area (Å²) in [6.45, 7) is 3.73. The van der Waals surface area contributed by atoms with Crippen molar-refractivity contribution >= 4 is 22.6 Å². The number of fused-ring (bicyclic) bond motifs is 1. The fourth-order valence-corrected chi connectivity index (χ4v) is 3.58. The van der Waals surface area contributed by atoms with Crippen LogP contribution in [-0.4, -0.2) is 40.6 Å². The number of ether oxygens (including phenoxy) is 1. The number of aromatic hydroxyl groups is 1. The highest BCUT2D eigenvalue weighted by atomic mass is 16.5. The van der Waals surface area contributed by atoms with E-state index in [1.165, 1.54) is 6.07 Å². The Hall–Kier alpha value is -2.56. The summed E-state index contributed by atoms with van der Waals surface area (Å²) in [7, 11) is 0. The van der Waals surface area contributed by atoms with E-state index in [4.69, 9.17) is 4.74 Å². The summed E-state index contributed by atoms with van der Waals surface area (Å²) in [5.41, 5.74) is 0.0752. The van der Waals surface area contributed by atoms with E-state index in [0.717, 1.165) is 30.0 Å². The van der Waals surface area contributed by atoms with Gasteiger partial charge in [-0.25, -0.2) is 4.79 Å². The van der Waals surface area contributed by atoms with E-state index in [1.54, 1.807) is 11.0 Å². The number of likely N-dealkylation sites (tertiary alicyclic amines) is 1. The molecule has 3 rings (SSSR count). The third kappa shape index (κ3) is 3.60. The number of carbonyl (C=O) groups is 2. The Morgan fingerprint density at radius 1 is 1.12 bits per heavy atom. The molecule has 0 saturated carbocycles. The van der Waals surface area contributed by atoms with Crippen molar-refractivity contribution in [2.75, 3.05) is 6.61 Å². The second-order valence-electron chi connectivity index (χ2n) is 6.72. The average molecular weight is 341 g/mol. The van der Waals surface area contributed by atoms with Gasteiger partial charge in [0.25, 0.3) is 5.91 Å². The molecular weight excluding hydrogens is 318 g/mol. The number of benzene rings is 2. The normalized spacial score (nSPS) is 20.5. The molecule has 1 saturated heterocycles. The maximum atomic E-state index is 12.4. The van der Waals surface area contributed by atoms with Crippen molar-refractivity contribution in [3.63, 3.8) is 0 Å². The van der Waals surface area contributed by atoms with Crippen LogP contribution in [-0.2, 0) is 9.53 Å². The van der Waals surface area contributed by atoms with E-state index in [1.807, 2.05) is 38.1 Å². The molecule has 0 spiro atoms. The molecule has 0 aliphatic carbocycles. The number of hydrogen-bond donors (Lipinski definition) is 1. The van der Waals surface area contributed by atoms with Crippen molar-refractivity contribution in [2.24, 2.45) is 0 Å². The third-order valence-corrected chi connectivity index (χ3v) is 4.89. The van der Waals surface area contributed by atoms with Crippen LogP contribution in [0, 0.1) is 0 Å². The molecule has 2 aromatic carbocycles. The predicted molar refractivity (Wildman–Crippen MR) is 95.5 cm³/mol. The summed E-state index contributed by atoms with van der Waals surface area (Å²) in [4.78, 5) is 26.5. The van der Waals surface area contributed by atoms with Crippen LogP contribution < -0.4 is 0 Å². The molecular formula is C20H23NO4. The Bertz CT molecular complexity index is 791. The highest BCUT2D eigenvalue weighted by molar-refractivity contribution is 5.99. The highest BCUT2D eigenvalue weighted by Crippen LogP contribution is 2.26. The van der Waals surface area contributed by atoms with E-state index >= 15 is 0 Å². The smallest absolute Gasteiger partial charge is 0.342 e. The Kier molecular flexibility index (Phi) is 4.93. The van der Waals surface area contributed by atoms with Gasteiger partial charge in [-0.05, 0) is 56.0 Å². The Labute approximate surface area is 147 Å². The van der Waals surface area contributed by atoms with E-state index in [2.05, 4.69) is 0 Å². The molecule has 1 aliphatic rings. The van der Waals surface area contributed by atoms with Gasteiger partial charge in [-0.1, -0.05) is 24.3 Å². The van der Waals surface area contributed by atoms with E-state index in [9.17, 15) is 14.7 Å². The number of rotatable bonds is 3. The minimum absolute atomic E-state index is 0.0752. The largest absolute Gasteiger partial charge is 0.507 e. The number of esters is 1. The van der Waals surface area contributed by atoms with Crippen molar-refractivity contribution < 1.29 is 19.4 Å². The molecule has 1 heterocycles. The summed E-state index contributed by atoms with van der Waals surface area (Å²) in [5.74, 6) is -1.02. The number of phenolic OH excluding ortho intramolecular Hbond substituents is 1. The van der Waals surface area contributed by atoms with Crippen molar-refractivity contribution in [3.8, 4) is 5.75 Å². The maximum Gasteiger partial charge on any atom is 0.342 e. The van der Waals surface area contributed by atoms with Crippen molar-refractivity contribution in [3.05, 3.63) is 42.0 Å². The van der Waals surface area contributed by atoms with Crippen LogP contribution in [0.15, 0.2) is 36.4 Å². The van der Waals surface area contributed by atoms with Crippen molar-refractivity contribution in [1.29, 1.82) is 0 Å². The lowest BCUT2D eigenvalue weighted by molar-refractivity contribution is -0.140. The zero-order valence-electron chi connectivity index (χ0n) is 14.6. The minimum atomic E-state index is -0.686. The highest BCUT2D eigenvalue weighted by Gasteiger charge is 2.29. The minimum Gasteiger partial charge on any atom is -0.507 e. The zero-order chi connectivity index (χ0) is 18.0. The molecule has 25 heavy (non-hydrogen) atoms. The summed E-state index contributed by atoms with van der Waals surface area (Å²) < 4.78 is 5.18. The van der Waals surface area contributed by atoms with Crippen LogP contribution in [0.3, 0.4) is 0 Å². The number of carbonyl (C=O) groups excluding carboxylic acids is 2. The van der Waals surface area contributed by atoms with Crippen molar-refractivity contribution in [2.45, 2.75) is 45.2 Å². The summed E-state index contributed by atoms with van der Waals surface area (Å²) in [5, 5.41) is 11.7. The SMILES string of the molecule is C[C@@H]1CCC[C@H](C)N1C(=O)COC(=O)c1cc2ccccc2cc1O. The molecule has 2 atom stereocenters. The number of nitrogens with zero attached hydrogens (tertiary/aromatic N) is 1. The molecule has 0 radical (unpaired) electrons. The van der Waals surface area contributed by atoms with E-state index < -0.39 is 5.97 Å². The number of hydrogen-bond acceptors (Lipinski definition) is 4. The molecule has 0 aromatic heterocycles. The van der Waals surface area contributed by atoms with E-state index in [-0.39, 0.29) is 35.9 Å². The lowest BCUT2D eigenvalue weighted by atomic mass is 9.97. The summed E-state index contributed by atoms with van der Waals surface area (Å²) in [6.07, 6.45) is 3.04. The summed E-state index contributed by atoms with van der Waals surface area (Å²) in [6, 6.07) is 10.9. The van der Waals surface area contributed by atoms with Gasteiger partial charge in [0.15, 0.2) is 6.61 Å². The molecule has 2 aromatic rings. The van der Waals surface area contributed by atoms with Crippen molar-refractivity contribution in [1.82, 2.24) is 4.90 Å². The first-order chi connectivity index (χ1) is 12.0. The first kappa shape index (κ1) is 17.3. The lowest BCUT2D eigenvalue weighted by Crippen LogP contribution is -2.49. The van der Waals surface area contributed by atoms with Gasteiger partial charge < -0.3 is 14.7 Å². The van der Waals surface area contributed by atoms with Crippen LogP contribution in [0.25, 0.3) is 10.8 Å². The van der Waals surface area contributed by atoms with Gasteiger partial charge in [0.1, 0.15) is 11.3 Å². The second-order valence-corrected chi connectivity index (χ2v) is 6.72. The van der Waals surface area contributed by atoms with Gasteiger partial charge in [-0.15, -0.1) is 0 Å². The molecule has 5 heteroatoms. The molecule has 0 bridgehead atoms. The fraction of sp³-hybridized carbons (Fsp3) is 0.400. The van der Waals surface area contributed by atoms with Crippen LogP contribution in [0.5, 0.6) is 5.75 Å². The third-order valence-electron chi connectivity index (χ3n) is 4.89. The lowest BCUT2D eigenvalue weighted by Gasteiger charge is -2.38. The van der Waals surface area contributed by atoms with Gasteiger partial charge in [0.2, 0.25) is 0 Å². The first-order valence-corrected chi connectivity index (χ1v) is 8.67. The number of phenols is 1. The van der Waals surface area contributed by atoms with Gasteiger partial charge in [0.05, 0.1) is 0 Å². The second kappa shape index (κ2) is 7.13. The molecule has 5 nitrogen and oxygen atoms in total. The topological polar surface area (TPSA) is 66.8 Å². The van der Waals surface area contributed by atoms with Crippen LogP contribution in [0.2, 0.25) is 0 Å². The molecule has 1 amide bonds. The van der Waals surface area contributed by atoms with Gasteiger partial charge in [-0.3, -0.25) is 4.79 Å². The maximum absolute atomic E-state index is 12.4. The first-order valence-electron chi connectivity index (χ1n) is 8.67.